The number of carbonyl (C=O) groups excluding carboxylic acids is 2. The van der Waals surface area contributed by atoms with E-state index in [4.69, 9.17) is 4.74 Å². The molecule has 10 heteroatoms. The minimum atomic E-state index is -6.03. The maximum Gasteiger partial charge on any atom is 0.463 e. The zero-order chi connectivity index (χ0) is 23.0. The van der Waals surface area contributed by atoms with Gasteiger partial charge in [-0.1, -0.05) is 64.7 Å². The van der Waals surface area contributed by atoms with E-state index in [9.17, 15) is 31.5 Å². The highest BCUT2D eigenvalue weighted by Crippen LogP contribution is 2.35. The fraction of sp³-hybridized carbons (Fsp3) is 0.900. The molecule has 0 aliphatic rings. The van der Waals surface area contributed by atoms with Crippen molar-refractivity contribution in [2.24, 2.45) is 0 Å². The van der Waals surface area contributed by atoms with Crippen molar-refractivity contribution >= 4 is 23.6 Å². The molecule has 1 atom stereocenters. The number of hydrogen-bond acceptors (Lipinski definition) is 4. The maximum absolute atomic E-state index is 13.1. The first-order valence-electron chi connectivity index (χ1n) is 10.5. The molecule has 1 amide bonds. The van der Waals surface area contributed by atoms with Gasteiger partial charge in [-0.05, 0) is 24.9 Å². The molecule has 0 radical (unpaired) electrons. The summed E-state index contributed by atoms with van der Waals surface area (Å²) < 4.78 is 68.1. The summed E-state index contributed by atoms with van der Waals surface area (Å²) in [4.78, 5) is 23.4. The largest absolute Gasteiger partial charge is 0.464 e. The molecule has 0 saturated carbocycles. The topological polar surface area (TPSA) is 55.4 Å². The molecule has 0 aromatic carbocycles. The van der Waals surface area contributed by atoms with Crippen LogP contribution in [0.3, 0.4) is 0 Å². The fourth-order valence-corrected chi connectivity index (χ4v) is 3.20. The van der Waals surface area contributed by atoms with Crippen molar-refractivity contribution in [3.05, 3.63) is 0 Å². The summed E-state index contributed by atoms with van der Waals surface area (Å²) in [5.41, 5.74) is 0. The third-order valence-electron chi connectivity index (χ3n) is 4.58. The Balaban J connectivity index is 4.23. The van der Waals surface area contributed by atoms with Gasteiger partial charge in [-0.25, -0.2) is 4.79 Å². The minimum Gasteiger partial charge on any atom is -0.464 e. The Morgan fingerprint density at radius 2 is 1.40 bits per heavy atom. The van der Waals surface area contributed by atoms with Crippen molar-refractivity contribution in [3.63, 3.8) is 0 Å². The summed E-state index contributed by atoms with van der Waals surface area (Å²) in [6, 6.07) is -1.54. The zero-order valence-corrected chi connectivity index (χ0v) is 18.6. The van der Waals surface area contributed by atoms with Crippen LogP contribution in [0.15, 0.2) is 0 Å². The maximum atomic E-state index is 13.1. The van der Waals surface area contributed by atoms with E-state index in [0.29, 0.717) is 6.42 Å². The number of amides is 1. The number of nitrogens with one attached hydrogen (secondary N) is 1. The molecule has 0 aliphatic carbocycles. The number of unbranched alkanes of at least 4 members (excludes halogenated alkanes) is 9. The second kappa shape index (κ2) is 15.7. The first-order valence-corrected chi connectivity index (χ1v) is 11.9. The predicted molar refractivity (Wildman–Crippen MR) is 109 cm³/mol. The molecule has 0 fully saturated rings. The number of hydrogen-bond donors (Lipinski definition) is 1. The van der Waals surface area contributed by atoms with Crippen LogP contribution in [0.25, 0.3) is 0 Å². The van der Waals surface area contributed by atoms with Crippen LogP contribution in [0.1, 0.15) is 77.6 Å². The number of thioether (sulfide) groups is 1. The first-order chi connectivity index (χ1) is 14.1. The fourth-order valence-electron chi connectivity index (χ4n) is 2.73. The van der Waals surface area contributed by atoms with Crippen LogP contribution in [0.4, 0.5) is 22.0 Å². The SMILES string of the molecule is CCCCCCCCCCCCOC(=O)C(CCSC)NC(=O)C(F)(F)C(F)(F)F. The van der Waals surface area contributed by atoms with Gasteiger partial charge < -0.3 is 10.1 Å². The van der Waals surface area contributed by atoms with Gasteiger partial charge in [0.1, 0.15) is 6.04 Å². The van der Waals surface area contributed by atoms with Crippen molar-refractivity contribution in [1.29, 1.82) is 0 Å². The smallest absolute Gasteiger partial charge is 0.463 e. The molecule has 0 saturated heterocycles. The summed E-state index contributed by atoms with van der Waals surface area (Å²) in [5, 5.41) is 1.49. The van der Waals surface area contributed by atoms with Crippen molar-refractivity contribution in [2.45, 2.75) is 95.7 Å². The highest BCUT2D eigenvalue weighted by Gasteiger charge is 2.63. The van der Waals surface area contributed by atoms with Gasteiger partial charge in [0.2, 0.25) is 0 Å². The molecule has 0 rings (SSSR count). The normalized spacial score (nSPS) is 13.2. The summed E-state index contributed by atoms with van der Waals surface area (Å²) in [7, 11) is 0. The molecule has 30 heavy (non-hydrogen) atoms. The summed E-state index contributed by atoms with van der Waals surface area (Å²) in [5.74, 6) is -8.82. The molecule has 0 aromatic heterocycles. The predicted octanol–water partition coefficient (Wildman–Crippen LogP) is 5.89. The lowest BCUT2D eigenvalue weighted by atomic mass is 10.1. The van der Waals surface area contributed by atoms with Gasteiger partial charge in [0.25, 0.3) is 0 Å². The van der Waals surface area contributed by atoms with Crippen molar-refractivity contribution in [3.8, 4) is 0 Å². The lowest BCUT2D eigenvalue weighted by Crippen LogP contribution is -2.55. The standard InChI is InChI=1S/C20H34F5NO3S/c1-3-4-5-6-7-8-9-10-11-12-14-29-17(27)16(13-15-30-2)26-18(28)19(21,22)20(23,24)25/h16H,3-15H2,1-2H3,(H,26,28). The lowest BCUT2D eigenvalue weighted by molar-refractivity contribution is -0.270. The summed E-state index contributed by atoms with van der Waals surface area (Å²) >= 11 is 1.26. The first kappa shape index (κ1) is 28.9. The molecular formula is C20H34F5NO3S. The van der Waals surface area contributed by atoms with Gasteiger partial charge in [0.05, 0.1) is 6.61 Å². The monoisotopic (exact) mass is 463 g/mol. The molecule has 0 bridgehead atoms. The second-order valence-electron chi connectivity index (χ2n) is 7.23. The van der Waals surface area contributed by atoms with Crippen LogP contribution in [0, 0.1) is 0 Å². The lowest BCUT2D eigenvalue weighted by Gasteiger charge is -2.22. The van der Waals surface area contributed by atoms with Gasteiger partial charge in [-0.3, -0.25) is 4.79 Å². The molecule has 1 N–H and O–H groups in total. The van der Waals surface area contributed by atoms with E-state index in [1.54, 1.807) is 6.26 Å². The minimum absolute atomic E-state index is 0.0383. The van der Waals surface area contributed by atoms with Gasteiger partial charge in [0.15, 0.2) is 0 Å². The number of rotatable bonds is 17. The van der Waals surface area contributed by atoms with Gasteiger partial charge in [-0.15, -0.1) is 0 Å². The van der Waals surface area contributed by atoms with Crippen LogP contribution < -0.4 is 5.32 Å². The van der Waals surface area contributed by atoms with Gasteiger partial charge >= 0.3 is 24.0 Å². The quantitative estimate of drug-likeness (QED) is 0.166. The Morgan fingerprint density at radius 1 is 0.900 bits per heavy atom. The second-order valence-corrected chi connectivity index (χ2v) is 8.21. The molecule has 0 aliphatic heterocycles. The van der Waals surface area contributed by atoms with Crippen LogP contribution >= 0.6 is 11.8 Å². The van der Waals surface area contributed by atoms with Crippen LogP contribution in [0.2, 0.25) is 0 Å². The number of halogens is 5. The van der Waals surface area contributed by atoms with Gasteiger partial charge in [-0.2, -0.15) is 33.7 Å². The third-order valence-corrected chi connectivity index (χ3v) is 5.23. The molecule has 0 aromatic rings. The van der Waals surface area contributed by atoms with Crippen molar-refractivity contribution in [1.82, 2.24) is 5.32 Å². The Bertz CT molecular complexity index is 490. The molecule has 4 nitrogen and oxygen atoms in total. The third kappa shape index (κ3) is 12.0. The van der Waals surface area contributed by atoms with E-state index in [-0.39, 0.29) is 18.8 Å². The Kier molecular flexibility index (Phi) is 15.1. The van der Waals surface area contributed by atoms with Gasteiger partial charge in [0, 0.05) is 0 Å². The van der Waals surface area contributed by atoms with Crippen LogP contribution in [-0.4, -0.2) is 48.6 Å². The van der Waals surface area contributed by atoms with E-state index < -0.39 is 30.0 Å². The van der Waals surface area contributed by atoms with Crippen LogP contribution in [-0.2, 0) is 14.3 Å². The zero-order valence-electron chi connectivity index (χ0n) is 17.8. The van der Waals surface area contributed by atoms with Crippen molar-refractivity contribution < 1.29 is 36.3 Å². The molecule has 178 valence electrons. The van der Waals surface area contributed by atoms with E-state index in [1.807, 2.05) is 0 Å². The highest BCUT2D eigenvalue weighted by atomic mass is 32.2. The van der Waals surface area contributed by atoms with Crippen molar-refractivity contribution in [2.75, 3.05) is 18.6 Å². The van der Waals surface area contributed by atoms with E-state index >= 15 is 0 Å². The van der Waals surface area contributed by atoms with Crippen LogP contribution in [0.5, 0.6) is 0 Å². The highest BCUT2D eigenvalue weighted by molar-refractivity contribution is 7.98. The Labute approximate surface area is 180 Å². The summed E-state index contributed by atoms with van der Waals surface area (Å²) in [6.45, 7) is 2.21. The average molecular weight is 464 g/mol. The Hall–Kier alpha value is -1.06. The van der Waals surface area contributed by atoms with E-state index in [0.717, 1.165) is 25.7 Å². The van der Waals surface area contributed by atoms with E-state index in [1.165, 1.54) is 49.2 Å². The molecule has 0 spiro atoms. The number of carbonyl (C=O) groups is 2. The number of alkyl halides is 5. The summed E-state index contributed by atoms with van der Waals surface area (Å²) in [6.07, 6.45) is 6.35. The molecular weight excluding hydrogens is 429 g/mol. The molecule has 1 unspecified atom stereocenters. The Morgan fingerprint density at radius 3 is 1.87 bits per heavy atom. The number of ether oxygens (including phenoxy) is 1. The van der Waals surface area contributed by atoms with E-state index in [2.05, 4.69) is 6.92 Å². The average Bonchev–Trinajstić information content (AvgIpc) is 2.67. The molecule has 0 heterocycles. The number of esters is 1.